The second-order valence-corrected chi connectivity index (χ2v) is 8.92. The van der Waals surface area contributed by atoms with Crippen molar-refractivity contribution in [2.75, 3.05) is 45.2 Å². The van der Waals surface area contributed by atoms with Gasteiger partial charge in [0.25, 0.3) is 0 Å². The second-order valence-electron chi connectivity index (χ2n) is 6.66. The van der Waals surface area contributed by atoms with E-state index in [1.54, 1.807) is 7.05 Å². The van der Waals surface area contributed by atoms with Gasteiger partial charge in [-0.3, -0.25) is 9.79 Å². The molecule has 1 aromatic rings. The van der Waals surface area contributed by atoms with Crippen molar-refractivity contribution in [2.24, 2.45) is 10.9 Å². The Labute approximate surface area is 155 Å². The summed E-state index contributed by atoms with van der Waals surface area (Å²) in [5.41, 5.74) is 1.23. The lowest BCUT2D eigenvalue weighted by Gasteiger charge is -2.18. The second kappa shape index (κ2) is 9.56. The van der Waals surface area contributed by atoms with E-state index >= 15 is 0 Å². The predicted molar refractivity (Wildman–Crippen MR) is 104 cm³/mol. The summed E-state index contributed by atoms with van der Waals surface area (Å²) in [4.78, 5) is 18.2. The number of carbonyl (C=O) groups excluding carboxylic acids is 1. The van der Waals surface area contributed by atoms with E-state index < -0.39 is 9.84 Å². The molecule has 1 saturated heterocycles. The molecule has 26 heavy (non-hydrogen) atoms. The topological polar surface area (TPSA) is 90.9 Å². The van der Waals surface area contributed by atoms with Crippen molar-refractivity contribution in [2.45, 2.75) is 12.8 Å². The van der Waals surface area contributed by atoms with Gasteiger partial charge in [0.1, 0.15) is 9.84 Å². The Bertz CT molecular complexity index is 719. The molecule has 0 radical (unpaired) electrons. The smallest absolute Gasteiger partial charge is 0.223 e. The number of benzene rings is 1. The molecule has 8 heteroatoms. The molecule has 2 rings (SSSR count). The molecule has 0 bridgehead atoms. The highest BCUT2D eigenvalue weighted by molar-refractivity contribution is 7.90. The monoisotopic (exact) mass is 380 g/mol. The molecule has 1 fully saturated rings. The molecule has 1 heterocycles. The first-order chi connectivity index (χ1) is 12.4. The fourth-order valence-corrected chi connectivity index (χ4v) is 3.40. The number of aliphatic imine (C=N–C) groups is 1. The first-order valence-corrected chi connectivity index (χ1v) is 10.9. The fraction of sp³-hybridized carbons (Fsp3) is 0.556. The van der Waals surface area contributed by atoms with Crippen LogP contribution in [0, 0.1) is 5.92 Å². The van der Waals surface area contributed by atoms with Crippen LogP contribution in [0.25, 0.3) is 0 Å². The maximum absolute atomic E-state index is 12.2. The largest absolute Gasteiger partial charge is 0.356 e. The van der Waals surface area contributed by atoms with Crippen LogP contribution in [0.4, 0.5) is 0 Å². The van der Waals surface area contributed by atoms with E-state index in [-0.39, 0.29) is 17.6 Å². The molecular formula is C18H28N4O3S. The van der Waals surface area contributed by atoms with Crippen LogP contribution in [0.2, 0.25) is 0 Å². The van der Waals surface area contributed by atoms with E-state index in [4.69, 9.17) is 0 Å². The normalized spacial score (nSPS) is 18.2. The minimum atomic E-state index is -3.00. The molecule has 1 aliphatic heterocycles. The highest BCUT2D eigenvalue weighted by Crippen LogP contribution is 2.17. The maximum atomic E-state index is 12.2. The number of hydrogen-bond donors (Lipinski definition) is 2. The Balaban J connectivity index is 1.72. The summed E-state index contributed by atoms with van der Waals surface area (Å²) in [6, 6.07) is 10.2. The molecule has 7 nitrogen and oxygen atoms in total. The maximum Gasteiger partial charge on any atom is 0.223 e. The van der Waals surface area contributed by atoms with Gasteiger partial charge in [-0.1, -0.05) is 30.3 Å². The third-order valence-electron chi connectivity index (χ3n) is 4.35. The van der Waals surface area contributed by atoms with Gasteiger partial charge in [0, 0.05) is 51.8 Å². The Kier molecular flexibility index (Phi) is 7.44. The van der Waals surface area contributed by atoms with E-state index in [9.17, 15) is 13.2 Å². The zero-order chi connectivity index (χ0) is 19.0. The van der Waals surface area contributed by atoms with Gasteiger partial charge in [-0.2, -0.15) is 0 Å². The Morgan fingerprint density at radius 3 is 2.65 bits per heavy atom. The molecule has 1 aliphatic rings. The molecule has 0 aromatic heterocycles. The molecule has 1 unspecified atom stereocenters. The molecule has 1 amide bonds. The number of hydrogen-bond acceptors (Lipinski definition) is 4. The quantitative estimate of drug-likeness (QED) is 0.500. The Morgan fingerprint density at radius 1 is 1.27 bits per heavy atom. The van der Waals surface area contributed by atoms with Crippen LogP contribution < -0.4 is 10.6 Å². The first kappa shape index (κ1) is 20.2. The van der Waals surface area contributed by atoms with Gasteiger partial charge in [-0.05, 0) is 12.0 Å². The van der Waals surface area contributed by atoms with Crippen molar-refractivity contribution < 1.29 is 13.2 Å². The van der Waals surface area contributed by atoms with Crippen LogP contribution in [0.15, 0.2) is 35.3 Å². The molecule has 1 aromatic carbocycles. The van der Waals surface area contributed by atoms with E-state index in [1.165, 1.54) is 11.8 Å². The van der Waals surface area contributed by atoms with Gasteiger partial charge >= 0.3 is 0 Å². The summed E-state index contributed by atoms with van der Waals surface area (Å²) in [7, 11) is -1.36. The number of rotatable bonds is 8. The third kappa shape index (κ3) is 7.03. The van der Waals surface area contributed by atoms with Crippen molar-refractivity contribution in [1.29, 1.82) is 0 Å². The van der Waals surface area contributed by atoms with E-state index in [0.717, 1.165) is 19.5 Å². The molecular weight excluding hydrogens is 352 g/mol. The zero-order valence-electron chi connectivity index (χ0n) is 15.4. The van der Waals surface area contributed by atoms with Gasteiger partial charge < -0.3 is 15.5 Å². The molecule has 2 N–H and O–H groups in total. The fourth-order valence-electron chi connectivity index (χ4n) is 2.93. The standard InChI is InChI=1S/C18H28N4O3S/c1-19-18(20-9-11-26(2,24)25)21-13-16-12-17(23)22(14-16)10-8-15-6-4-3-5-7-15/h3-7,16H,8-14H2,1-2H3,(H2,19,20,21). The lowest BCUT2D eigenvalue weighted by Crippen LogP contribution is -2.42. The first-order valence-electron chi connectivity index (χ1n) is 8.81. The highest BCUT2D eigenvalue weighted by atomic mass is 32.2. The number of nitrogens with one attached hydrogen (secondary N) is 2. The minimum absolute atomic E-state index is 0.0584. The van der Waals surface area contributed by atoms with Gasteiger partial charge in [0.2, 0.25) is 5.91 Å². The lowest BCUT2D eigenvalue weighted by molar-refractivity contribution is -0.127. The number of amides is 1. The van der Waals surface area contributed by atoms with Crippen molar-refractivity contribution in [1.82, 2.24) is 15.5 Å². The average Bonchev–Trinajstić information content (AvgIpc) is 2.96. The Hall–Kier alpha value is -2.09. The van der Waals surface area contributed by atoms with Crippen molar-refractivity contribution in [3.63, 3.8) is 0 Å². The SMILES string of the molecule is CN=C(NCCS(C)(=O)=O)NCC1CC(=O)N(CCc2ccccc2)C1. The average molecular weight is 381 g/mol. The van der Waals surface area contributed by atoms with Crippen molar-refractivity contribution in [3.05, 3.63) is 35.9 Å². The van der Waals surface area contributed by atoms with Crippen molar-refractivity contribution >= 4 is 21.7 Å². The van der Waals surface area contributed by atoms with Crippen LogP contribution in [-0.2, 0) is 21.1 Å². The molecule has 1 atom stereocenters. The summed E-state index contributed by atoms with van der Waals surface area (Å²) in [5.74, 6) is 1.03. The summed E-state index contributed by atoms with van der Waals surface area (Å²) < 4.78 is 22.3. The molecule has 0 aliphatic carbocycles. The van der Waals surface area contributed by atoms with Gasteiger partial charge in [0.15, 0.2) is 5.96 Å². The van der Waals surface area contributed by atoms with Gasteiger partial charge in [-0.15, -0.1) is 0 Å². The van der Waals surface area contributed by atoms with Gasteiger partial charge in [0.05, 0.1) is 5.75 Å². The van der Waals surface area contributed by atoms with E-state index in [0.29, 0.717) is 25.5 Å². The van der Waals surface area contributed by atoms with E-state index in [2.05, 4.69) is 27.8 Å². The minimum Gasteiger partial charge on any atom is -0.356 e. The lowest BCUT2D eigenvalue weighted by atomic mass is 10.1. The van der Waals surface area contributed by atoms with Crippen molar-refractivity contribution in [3.8, 4) is 0 Å². The summed E-state index contributed by atoms with van der Waals surface area (Å²) in [6.07, 6.45) is 2.60. The molecule has 144 valence electrons. The van der Waals surface area contributed by atoms with Gasteiger partial charge in [-0.25, -0.2) is 8.42 Å². The van der Waals surface area contributed by atoms with Crippen LogP contribution in [0.3, 0.4) is 0 Å². The van der Waals surface area contributed by atoms with E-state index in [1.807, 2.05) is 23.1 Å². The number of likely N-dealkylation sites (tertiary alicyclic amines) is 1. The predicted octanol–water partition coefficient (Wildman–Crippen LogP) is 0.287. The van der Waals surface area contributed by atoms with Crippen LogP contribution in [-0.4, -0.2) is 70.4 Å². The van der Waals surface area contributed by atoms with Crippen LogP contribution >= 0.6 is 0 Å². The number of guanidine groups is 1. The number of carbonyl (C=O) groups is 1. The summed E-state index contributed by atoms with van der Waals surface area (Å²) in [6.45, 7) is 2.41. The van der Waals surface area contributed by atoms with Crippen LogP contribution in [0.5, 0.6) is 0 Å². The number of sulfone groups is 1. The Morgan fingerprint density at radius 2 is 2.00 bits per heavy atom. The molecule has 0 saturated carbocycles. The highest BCUT2D eigenvalue weighted by Gasteiger charge is 2.29. The summed E-state index contributed by atoms with van der Waals surface area (Å²) in [5, 5.41) is 6.16. The summed E-state index contributed by atoms with van der Waals surface area (Å²) >= 11 is 0. The molecule has 0 spiro atoms. The zero-order valence-corrected chi connectivity index (χ0v) is 16.3. The number of nitrogens with zero attached hydrogens (tertiary/aromatic N) is 2. The third-order valence-corrected chi connectivity index (χ3v) is 5.30. The van der Waals surface area contributed by atoms with Crippen LogP contribution in [0.1, 0.15) is 12.0 Å².